The highest BCUT2D eigenvalue weighted by atomic mass is 32.2. The first kappa shape index (κ1) is 19.4. The lowest BCUT2D eigenvalue weighted by atomic mass is 10.1. The van der Waals surface area contributed by atoms with Crippen molar-refractivity contribution in [3.05, 3.63) is 76.7 Å². The average Bonchev–Trinajstić information content (AvgIpc) is 2.90. The number of carbonyl (C=O) groups excluding carboxylic acids is 3. The van der Waals surface area contributed by atoms with Gasteiger partial charge in [-0.3, -0.25) is 19.3 Å². The van der Waals surface area contributed by atoms with Gasteiger partial charge in [-0.2, -0.15) is 0 Å². The van der Waals surface area contributed by atoms with Gasteiger partial charge in [0.2, 0.25) is 5.91 Å². The van der Waals surface area contributed by atoms with E-state index < -0.39 is 17.1 Å². The largest absolute Gasteiger partial charge is 0.508 e. The number of thioether (sulfide) groups is 1. The summed E-state index contributed by atoms with van der Waals surface area (Å²) in [6.45, 7) is 1.45. The first-order chi connectivity index (χ1) is 13.4. The monoisotopic (exact) mass is 394 g/mol. The van der Waals surface area contributed by atoms with Crippen LogP contribution in [0.25, 0.3) is 6.08 Å². The second-order valence-corrected chi connectivity index (χ2v) is 7.16. The fourth-order valence-corrected chi connectivity index (χ4v) is 3.51. The van der Waals surface area contributed by atoms with Crippen LogP contribution in [0.1, 0.15) is 12.5 Å². The average molecular weight is 394 g/mol. The molecule has 0 saturated carbocycles. The summed E-state index contributed by atoms with van der Waals surface area (Å²) in [6.07, 6.45) is 3.55. The third-order valence-electron chi connectivity index (χ3n) is 3.86. The molecule has 1 fully saturated rings. The summed E-state index contributed by atoms with van der Waals surface area (Å²) in [7, 11) is 0. The van der Waals surface area contributed by atoms with E-state index in [0.717, 1.165) is 27.8 Å². The maximum absolute atomic E-state index is 12.5. The van der Waals surface area contributed by atoms with Crippen LogP contribution in [0.4, 0.5) is 10.5 Å². The van der Waals surface area contributed by atoms with Crippen LogP contribution in [0.3, 0.4) is 0 Å². The van der Waals surface area contributed by atoms with Gasteiger partial charge in [-0.25, -0.2) is 0 Å². The van der Waals surface area contributed by atoms with Gasteiger partial charge in [-0.05, 0) is 48.0 Å². The Morgan fingerprint density at radius 1 is 1.14 bits per heavy atom. The molecule has 6 nitrogen and oxygen atoms in total. The molecule has 7 heteroatoms. The molecule has 1 saturated heterocycles. The van der Waals surface area contributed by atoms with Crippen molar-refractivity contribution in [2.75, 3.05) is 11.9 Å². The molecule has 2 aromatic carbocycles. The molecule has 0 aromatic heterocycles. The number of rotatable bonds is 5. The Kier molecular flexibility index (Phi) is 5.96. The summed E-state index contributed by atoms with van der Waals surface area (Å²) in [4.78, 5) is 38.0. The summed E-state index contributed by atoms with van der Waals surface area (Å²) in [6, 6.07) is 15.7. The molecule has 0 bridgehead atoms. The minimum atomic E-state index is -0.523. The SMILES string of the molecule is CC(=C/c1ccccc1)/C=C1/SC(=O)N(CC(=O)Nc2cccc(O)c2)C1=O. The van der Waals surface area contributed by atoms with E-state index in [1.54, 1.807) is 18.2 Å². The fourth-order valence-electron chi connectivity index (χ4n) is 2.62. The molecule has 2 N–H and O–H groups in total. The number of carbonyl (C=O) groups is 3. The van der Waals surface area contributed by atoms with Crippen molar-refractivity contribution < 1.29 is 19.5 Å². The van der Waals surface area contributed by atoms with E-state index in [1.807, 2.05) is 43.3 Å². The molecule has 0 aliphatic carbocycles. The molecule has 142 valence electrons. The summed E-state index contributed by atoms with van der Waals surface area (Å²) in [5.41, 5.74) is 2.19. The lowest BCUT2D eigenvalue weighted by Crippen LogP contribution is -2.36. The van der Waals surface area contributed by atoms with Gasteiger partial charge in [0.05, 0.1) is 4.91 Å². The number of imide groups is 1. The van der Waals surface area contributed by atoms with Gasteiger partial charge in [-0.15, -0.1) is 0 Å². The maximum atomic E-state index is 12.5. The second-order valence-electron chi connectivity index (χ2n) is 6.17. The van der Waals surface area contributed by atoms with Crippen molar-refractivity contribution in [3.8, 4) is 5.75 Å². The molecule has 3 amide bonds. The molecular weight excluding hydrogens is 376 g/mol. The van der Waals surface area contributed by atoms with Crippen molar-refractivity contribution in [2.45, 2.75) is 6.92 Å². The highest BCUT2D eigenvalue weighted by Crippen LogP contribution is 2.31. The highest BCUT2D eigenvalue weighted by molar-refractivity contribution is 8.18. The quantitative estimate of drug-likeness (QED) is 0.748. The predicted molar refractivity (Wildman–Crippen MR) is 110 cm³/mol. The van der Waals surface area contributed by atoms with Crippen LogP contribution < -0.4 is 5.32 Å². The fraction of sp³-hybridized carbons (Fsp3) is 0.0952. The number of aromatic hydroxyl groups is 1. The minimum Gasteiger partial charge on any atom is -0.508 e. The van der Waals surface area contributed by atoms with E-state index in [-0.39, 0.29) is 17.2 Å². The normalized spacial score (nSPS) is 16.0. The van der Waals surface area contributed by atoms with E-state index in [4.69, 9.17) is 0 Å². The Bertz CT molecular complexity index is 983. The number of phenolic OH excluding ortho intramolecular Hbond substituents is 1. The maximum Gasteiger partial charge on any atom is 0.294 e. The number of benzene rings is 2. The van der Waals surface area contributed by atoms with Crippen LogP contribution in [0, 0.1) is 0 Å². The number of nitrogens with zero attached hydrogens (tertiary/aromatic N) is 1. The van der Waals surface area contributed by atoms with Gasteiger partial charge in [0.1, 0.15) is 12.3 Å². The second kappa shape index (κ2) is 8.58. The summed E-state index contributed by atoms with van der Waals surface area (Å²) in [5.74, 6) is -1.01. The highest BCUT2D eigenvalue weighted by Gasteiger charge is 2.36. The number of nitrogens with one attached hydrogen (secondary N) is 1. The molecule has 0 spiro atoms. The Morgan fingerprint density at radius 2 is 1.89 bits per heavy atom. The number of amides is 3. The van der Waals surface area contributed by atoms with Crippen molar-refractivity contribution in [3.63, 3.8) is 0 Å². The lowest BCUT2D eigenvalue weighted by Gasteiger charge is -2.12. The van der Waals surface area contributed by atoms with Crippen LogP contribution in [-0.4, -0.2) is 33.6 Å². The third kappa shape index (κ3) is 4.89. The zero-order valence-electron chi connectivity index (χ0n) is 15.1. The Hall–Kier alpha value is -3.32. The van der Waals surface area contributed by atoms with Gasteiger partial charge in [-0.1, -0.05) is 42.5 Å². The number of phenols is 1. The minimum absolute atomic E-state index is 0.00702. The van der Waals surface area contributed by atoms with E-state index in [2.05, 4.69) is 5.32 Å². The lowest BCUT2D eigenvalue weighted by molar-refractivity contribution is -0.127. The number of hydrogen-bond acceptors (Lipinski definition) is 5. The van der Waals surface area contributed by atoms with Crippen molar-refractivity contribution >= 4 is 40.6 Å². The first-order valence-electron chi connectivity index (χ1n) is 8.50. The topological polar surface area (TPSA) is 86.7 Å². The summed E-state index contributed by atoms with van der Waals surface area (Å²) >= 11 is 0.809. The molecule has 0 unspecified atom stereocenters. The van der Waals surface area contributed by atoms with Crippen LogP contribution in [0.2, 0.25) is 0 Å². The van der Waals surface area contributed by atoms with E-state index in [9.17, 15) is 19.5 Å². The van der Waals surface area contributed by atoms with E-state index in [0.29, 0.717) is 5.69 Å². The molecule has 0 radical (unpaired) electrons. The summed E-state index contributed by atoms with van der Waals surface area (Å²) < 4.78 is 0. The number of allylic oxidation sites excluding steroid dienone is 2. The van der Waals surface area contributed by atoms with Gasteiger partial charge in [0, 0.05) is 11.8 Å². The predicted octanol–water partition coefficient (Wildman–Crippen LogP) is 4.01. The molecule has 2 aromatic rings. The van der Waals surface area contributed by atoms with E-state index in [1.165, 1.54) is 12.1 Å². The smallest absolute Gasteiger partial charge is 0.294 e. The summed E-state index contributed by atoms with van der Waals surface area (Å²) in [5, 5.41) is 11.5. The molecule has 1 aliphatic heterocycles. The third-order valence-corrected chi connectivity index (χ3v) is 4.77. The Morgan fingerprint density at radius 3 is 2.61 bits per heavy atom. The first-order valence-corrected chi connectivity index (χ1v) is 9.31. The van der Waals surface area contributed by atoms with Gasteiger partial charge in [0.25, 0.3) is 11.1 Å². The Balaban J connectivity index is 1.67. The van der Waals surface area contributed by atoms with Gasteiger partial charge < -0.3 is 10.4 Å². The number of hydrogen-bond donors (Lipinski definition) is 2. The van der Waals surface area contributed by atoms with Crippen LogP contribution in [-0.2, 0) is 9.59 Å². The van der Waals surface area contributed by atoms with Gasteiger partial charge >= 0.3 is 0 Å². The van der Waals surface area contributed by atoms with Crippen LogP contribution in [0.5, 0.6) is 5.75 Å². The zero-order chi connectivity index (χ0) is 20.1. The number of anilines is 1. The molecular formula is C21H18N2O4S. The molecule has 1 aliphatic rings. The van der Waals surface area contributed by atoms with E-state index >= 15 is 0 Å². The van der Waals surface area contributed by atoms with Crippen LogP contribution >= 0.6 is 11.8 Å². The zero-order valence-corrected chi connectivity index (χ0v) is 15.9. The van der Waals surface area contributed by atoms with Crippen LogP contribution in [0.15, 0.2) is 71.2 Å². The Labute approximate surface area is 166 Å². The van der Waals surface area contributed by atoms with Gasteiger partial charge in [0.15, 0.2) is 0 Å². The molecule has 28 heavy (non-hydrogen) atoms. The van der Waals surface area contributed by atoms with Crippen molar-refractivity contribution in [1.29, 1.82) is 0 Å². The van der Waals surface area contributed by atoms with Crippen molar-refractivity contribution in [2.24, 2.45) is 0 Å². The molecule has 0 atom stereocenters. The standard InChI is InChI=1S/C21H18N2O4S/c1-14(10-15-6-3-2-4-7-15)11-18-20(26)23(21(27)28-18)13-19(25)22-16-8-5-9-17(24)12-16/h2-12,24H,13H2,1H3,(H,22,25)/b14-10-,18-11+. The van der Waals surface area contributed by atoms with Crippen molar-refractivity contribution in [1.82, 2.24) is 4.90 Å². The molecule has 1 heterocycles. The molecule has 3 rings (SSSR count).